The zero-order chi connectivity index (χ0) is 8.43. The van der Waals surface area contributed by atoms with Gasteiger partial charge in [0.25, 0.3) is 0 Å². The molecule has 0 bridgehead atoms. The number of halogens is 1. The van der Waals surface area contributed by atoms with Crippen LogP contribution in [0.2, 0.25) is 0 Å². The van der Waals surface area contributed by atoms with Gasteiger partial charge in [0.05, 0.1) is 5.69 Å². The molecule has 0 spiro atoms. The van der Waals surface area contributed by atoms with E-state index in [0.29, 0.717) is 0 Å². The molecule has 0 radical (unpaired) electrons. The van der Waals surface area contributed by atoms with E-state index in [1.54, 1.807) is 0 Å². The predicted octanol–water partition coefficient (Wildman–Crippen LogP) is 2.28. The minimum Gasteiger partial charge on any atom is -0.396 e. The smallest absolute Gasteiger partial charge is 0.146 e. The Balaban J connectivity index is 3.24. The molecule has 0 saturated heterocycles. The highest BCUT2D eigenvalue weighted by Gasteiger charge is 2.03. The number of hydrogen-bond acceptors (Lipinski definition) is 1. The number of hydrogen-bond donors (Lipinski definition) is 1. The monoisotopic (exact) mass is 153 g/mol. The molecule has 0 aliphatic heterocycles. The number of nitrogen functional groups attached to an aromatic ring is 1. The Labute approximate surface area is 66.0 Å². The van der Waals surface area contributed by atoms with Gasteiger partial charge < -0.3 is 5.73 Å². The molecule has 1 nitrogen and oxygen atoms in total. The predicted molar refractivity (Wildman–Crippen MR) is 44.9 cm³/mol. The van der Waals surface area contributed by atoms with Crippen LogP contribution in [0.15, 0.2) is 12.1 Å². The summed E-state index contributed by atoms with van der Waals surface area (Å²) < 4.78 is 12.9. The number of anilines is 1. The molecule has 0 atom stereocenters. The number of benzene rings is 1. The Morgan fingerprint density at radius 3 is 2.64 bits per heavy atom. The molecule has 0 heterocycles. The average Bonchev–Trinajstić information content (AvgIpc) is 1.96. The third-order valence-corrected chi connectivity index (χ3v) is 1.74. The normalized spacial score (nSPS) is 10.1. The summed E-state index contributed by atoms with van der Waals surface area (Å²) in [6.07, 6.45) is 0.782. The number of rotatable bonds is 1. The summed E-state index contributed by atoms with van der Waals surface area (Å²) in [7, 11) is 0. The first-order valence-electron chi connectivity index (χ1n) is 3.69. The van der Waals surface area contributed by atoms with Crippen molar-refractivity contribution in [2.45, 2.75) is 20.3 Å². The zero-order valence-corrected chi connectivity index (χ0v) is 6.82. The SMILES string of the molecule is CCc1cc(C)cc(F)c1N. The van der Waals surface area contributed by atoms with Crippen molar-refractivity contribution in [2.75, 3.05) is 5.73 Å². The van der Waals surface area contributed by atoms with Crippen molar-refractivity contribution in [3.63, 3.8) is 0 Å². The van der Waals surface area contributed by atoms with Gasteiger partial charge in [0.15, 0.2) is 0 Å². The summed E-state index contributed by atoms with van der Waals surface area (Å²) in [5.74, 6) is -0.304. The third kappa shape index (κ3) is 1.50. The molecule has 0 fully saturated rings. The van der Waals surface area contributed by atoms with Crippen LogP contribution in [-0.2, 0) is 6.42 Å². The van der Waals surface area contributed by atoms with Crippen LogP contribution in [0, 0.1) is 12.7 Å². The Hall–Kier alpha value is -1.05. The molecule has 2 N–H and O–H groups in total. The van der Waals surface area contributed by atoms with E-state index in [2.05, 4.69) is 0 Å². The standard InChI is InChI=1S/C9H12FN/c1-3-7-4-6(2)5-8(10)9(7)11/h4-5H,3,11H2,1-2H3. The van der Waals surface area contributed by atoms with E-state index in [1.807, 2.05) is 19.9 Å². The van der Waals surface area contributed by atoms with Crippen molar-refractivity contribution in [1.82, 2.24) is 0 Å². The lowest BCUT2D eigenvalue weighted by Gasteiger charge is -2.04. The molecule has 1 aromatic carbocycles. The Bertz CT molecular complexity index is 269. The van der Waals surface area contributed by atoms with Crippen molar-refractivity contribution < 1.29 is 4.39 Å². The highest BCUT2D eigenvalue weighted by atomic mass is 19.1. The molecule has 11 heavy (non-hydrogen) atoms. The number of nitrogens with two attached hydrogens (primary N) is 1. The lowest BCUT2D eigenvalue weighted by molar-refractivity contribution is 0.629. The van der Waals surface area contributed by atoms with Gasteiger partial charge in [-0.15, -0.1) is 0 Å². The van der Waals surface area contributed by atoms with E-state index in [0.717, 1.165) is 17.5 Å². The lowest BCUT2D eigenvalue weighted by Crippen LogP contribution is -1.97. The van der Waals surface area contributed by atoms with Crippen LogP contribution in [0.3, 0.4) is 0 Å². The molecule has 1 rings (SSSR count). The van der Waals surface area contributed by atoms with Crippen molar-refractivity contribution in [2.24, 2.45) is 0 Å². The molecule has 60 valence electrons. The highest BCUT2D eigenvalue weighted by molar-refractivity contribution is 5.49. The molecule has 0 amide bonds. The summed E-state index contributed by atoms with van der Waals surface area (Å²) in [5.41, 5.74) is 7.59. The Kier molecular flexibility index (Phi) is 2.13. The van der Waals surface area contributed by atoms with Gasteiger partial charge in [0, 0.05) is 0 Å². The van der Waals surface area contributed by atoms with Crippen molar-refractivity contribution in [3.8, 4) is 0 Å². The van der Waals surface area contributed by atoms with Crippen molar-refractivity contribution in [1.29, 1.82) is 0 Å². The minimum atomic E-state index is -0.304. The summed E-state index contributed by atoms with van der Waals surface area (Å²) in [4.78, 5) is 0. The van der Waals surface area contributed by atoms with Gasteiger partial charge in [0.1, 0.15) is 5.82 Å². The average molecular weight is 153 g/mol. The van der Waals surface area contributed by atoms with Crippen LogP contribution in [0.4, 0.5) is 10.1 Å². The highest BCUT2D eigenvalue weighted by Crippen LogP contribution is 2.18. The van der Waals surface area contributed by atoms with Gasteiger partial charge in [-0.2, -0.15) is 0 Å². The van der Waals surface area contributed by atoms with Crippen LogP contribution in [-0.4, -0.2) is 0 Å². The van der Waals surface area contributed by atoms with E-state index in [-0.39, 0.29) is 11.5 Å². The van der Waals surface area contributed by atoms with Crippen molar-refractivity contribution >= 4 is 5.69 Å². The maximum atomic E-state index is 12.9. The fourth-order valence-corrected chi connectivity index (χ4v) is 1.12. The first-order valence-corrected chi connectivity index (χ1v) is 3.69. The van der Waals surface area contributed by atoms with Gasteiger partial charge in [-0.05, 0) is 30.5 Å². The molecule has 0 saturated carbocycles. The molecular formula is C9H12FN. The van der Waals surface area contributed by atoms with E-state index in [1.165, 1.54) is 6.07 Å². The second kappa shape index (κ2) is 2.91. The lowest BCUT2D eigenvalue weighted by atomic mass is 10.1. The second-order valence-electron chi connectivity index (χ2n) is 2.67. The van der Waals surface area contributed by atoms with Crippen LogP contribution in [0.1, 0.15) is 18.1 Å². The minimum absolute atomic E-state index is 0.290. The van der Waals surface area contributed by atoms with Gasteiger partial charge in [-0.3, -0.25) is 0 Å². The van der Waals surface area contributed by atoms with Crippen LogP contribution >= 0.6 is 0 Å². The van der Waals surface area contributed by atoms with Crippen LogP contribution in [0.25, 0.3) is 0 Å². The maximum absolute atomic E-state index is 12.9. The zero-order valence-electron chi connectivity index (χ0n) is 6.82. The summed E-state index contributed by atoms with van der Waals surface area (Å²) in [6, 6.07) is 3.37. The molecule has 0 aromatic heterocycles. The quantitative estimate of drug-likeness (QED) is 0.615. The van der Waals surface area contributed by atoms with E-state index in [9.17, 15) is 4.39 Å². The topological polar surface area (TPSA) is 26.0 Å². The van der Waals surface area contributed by atoms with Gasteiger partial charge in [-0.1, -0.05) is 13.0 Å². The molecule has 0 aliphatic rings. The Morgan fingerprint density at radius 1 is 1.45 bits per heavy atom. The van der Waals surface area contributed by atoms with Gasteiger partial charge in [0.2, 0.25) is 0 Å². The first kappa shape index (κ1) is 8.05. The fraction of sp³-hybridized carbons (Fsp3) is 0.333. The van der Waals surface area contributed by atoms with E-state index >= 15 is 0 Å². The third-order valence-electron chi connectivity index (χ3n) is 1.74. The molecule has 2 heteroatoms. The summed E-state index contributed by atoms with van der Waals surface area (Å²) in [6.45, 7) is 3.83. The molecular weight excluding hydrogens is 141 g/mol. The second-order valence-corrected chi connectivity index (χ2v) is 2.67. The molecule has 0 unspecified atom stereocenters. The maximum Gasteiger partial charge on any atom is 0.146 e. The van der Waals surface area contributed by atoms with Gasteiger partial charge in [-0.25, -0.2) is 4.39 Å². The van der Waals surface area contributed by atoms with E-state index < -0.39 is 0 Å². The first-order chi connectivity index (χ1) is 5.15. The largest absolute Gasteiger partial charge is 0.396 e. The van der Waals surface area contributed by atoms with Crippen LogP contribution in [0.5, 0.6) is 0 Å². The van der Waals surface area contributed by atoms with Crippen molar-refractivity contribution in [3.05, 3.63) is 29.1 Å². The fourth-order valence-electron chi connectivity index (χ4n) is 1.12. The molecule has 0 aliphatic carbocycles. The van der Waals surface area contributed by atoms with Gasteiger partial charge >= 0.3 is 0 Å². The van der Waals surface area contributed by atoms with Crippen LogP contribution < -0.4 is 5.73 Å². The van der Waals surface area contributed by atoms with E-state index in [4.69, 9.17) is 5.73 Å². The number of aryl methyl sites for hydroxylation is 2. The summed E-state index contributed by atoms with van der Waals surface area (Å²) in [5, 5.41) is 0. The molecule has 1 aromatic rings. The summed E-state index contributed by atoms with van der Waals surface area (Å²) >= 11 is 0. The Morgan fingerprint density at radius 2 is 2.09 bits per heavy atom.